The zero-order chi connectivity index (χ0) is 17.4. The van der Waals surface area contributed by atoms with Crippen molar-refractivity contribution in [3.05, 3.63) is 40.5 Å². The number of ketones is 1. The Balaban J connectivity index is 2.55. The fourth-order valence-corrected chi connectivity index (χ4v) is 3.29. The van der Waals surface area contributed by atoms with E-state index >= 15 is 0 Å². The number of hydrogen-bond acceptors (Lipinski definition) is 2. The first-order chi connectivity index (χ1) is 10.5. The van der Waals surface area contributed by atoms with E-state index in [4.69, 9.17) is 4.74 Å². The molecule has 0 spiro atoms. The minimum Gasteiger partial charge on any atom is -0.489 e. The van der Waals surface area contributed by atoms with Crippen LogP contribution in [0.3, 0.4) is 0 Å². The molecule has 0 radical (unpaired) electrons. The van der Waals surface area contributed by atoms with Gasteiger partial charge in [0.15, 0.2) is 5.78 Å². The molecule has 126 valence electrons. The second-order valence-electron chi connectivity index (χ2n) is 8.31. The topological polar surface area (TPSA) is 26.3 Å². The molecular formula is C21H30O2. The minimum atomic E-state index is 0.0687. The molecule has 1 aromatic carbocycles. The van der Waals surface area contributed by atoms with Crippen molar-refractivity contribution in [2.24, 2.45) is 0 Å². The fourth-order valence-electron chi connectivity index (χ4n) is 3.29. The molecule has 1 aliphatic rings. The summed E-state index contributed by atoms with van der Waals surface area (Å²) in [5, 5.41) is 0. The third-order valence-electron chi connectivity index (χ3n) is 5.06. The molecule has 0 unspecified atom stereocenters. The van der Waals surface area contributed by atoms with E-state index in [1.807, 2.05) is 19.9 Å². The first-order valence-electron chi connectivity index (χ1n) is 8.51. The van der Waals surface area contributed by atoms with Crippen LogP contribution in [0.2, 0.25) is 0 Å². The monoisotopic (exact) mass is 314 g/mol. The van der Waals surface area contributed by atoms with Gasteiger partial charge in [-0.25, -0.2) is 0 Å². The average molecular weight is 314 g/mol. The van der Waals surface area contributed by atoms with Gasteiger partial charge in [0.25, 0.3) is 0 Å². The number of carbonyl (C=O) groups is 1. The number of Topliss-reactive ketones (excluding diaryl/α,β-unsaturated/α-hetero) is 1. The van der Waals surface area contributed by atoms with Crippen molar-refractivity contribution < 1.29 is 9.53 Å². The predicted octanol–water partition coefficient (Wildman–Crippen LogP) is 5.58. The molecule has 0 fully saturated rings. The Bertz CT molecular complexity index is 644. The van der Waals surface area contributed by atoms with Crippen molar-refractivity contribution in [1.82, 2.24) is 0 Å². The summed E-state index contributed by atoms with van der Waals surface area (Å²) in [5.41, 5.74) is 4.77. The molecule has 1 aromatic rings. The summed E-state index contributed by atoms with van der Waals surface area (Å²) >= 11 is 0. The highest BCUT2D eigenvalue weighted by molar-refractivity contribution is 5.97. The molecular weight excluding hydrogens is 284 g/mol. The highest BCUT2D eigenvalue weighted by Crippen LogP contribution is 2.47. The summed E-state index contributed by atoms with van der Waals surface area (Å²) < 4.78 is 5.94. The van der Waals surface area contributed by atoms with Crippen LogP contribution < -0.4 is 4.74 Å². The van der Waals surface area contributed by atoms with Gasteiger partial charge in [-0.05, 0) is 73.8 Å². The lowest BCUT2D eigenvalue weighted by Gasteiger charge is -2.42. The first-order valence-corrected chi connectivity index (χ1v) is 8.51. The van der Waals surface area contributed by atoms with E-state index in [1.165, 1.54) is 16.7 Å². The lowest BCUT2D eigenvalue weighted by atomic mass is 9.63. The largest absolute Gasteiger partial charge is 0.489 e. The number of carbonyl (C=O) groups excluding carboxylic acids is 1. The van der Waals surface area contributed by atoms with E-state index in [1.54, 1.807) is 6.92 Å². The molecule has 23 heavy (non-hydrogen) atoms. The van der Waals surface area contributed by atoms with Gasteiger partial charge in [-0.15, -0.1) is 0 Å². The van der Waals surface area contributed by atoms with Crippen molar-refractivity contribution in [3.8, 4) is 5.75 Å². The van der Waals surface area contributed by atoms with Crippen LogP contribution in [0.4, 0.5) is 0 Å². The normalized spacial score (nSPS) is 18.0. The first kappa shape index (κ1) is 17.8. The lowest BCUT2D eigenvalue weighted by Crippen LogP contribution is -2.34. The molecule has 0 saturated carbocycles. The maximum atomic E-state index is 12.1. The number of hydrogen-bond donors (Lipinski definition) is 0. The molecule has 2 nitrogen and oxygen atoms in total. The molecule has 0 aromatic heterocycles. The summed E-state index contributed by atoms with van der Waals surface area (Å²) in [4.78, 5) is 12.1. The maximum Gasteiger partial charge on any atom is 0.163 e. The van der Waals surface area contributed by atoms with Gasteiger partial charge in [0.2, 0.25) is 0 Å². The molecule has 0 aliphatic heterocycles. The number of fused-ring (bicyclic) bond motifs is 1. The Kier molecular flexibility index (Phi) is 4.75. The van der Waals surface area contributed by atoms with Crippen molar-refractivity contribution in [2.45, 2.75) is 72.1 Å². The summed E-state index contributed by atoms with van der Waals surface area (Å²) in [7, 11) is 0. The molecule has 0 amide bonds. The average Bonchev–Trinajstić information content (AvgIpc) is 2.43. The van der Waals surface area contributed by atoms with E-state index in [9.17, 15) is 4.79 Å². The van der Waals surface area contributed by atoms with Crippen LogP contribution >= 0.6 is 0 Å². The van der Waals surface area contributed by atoms with E-state index in [0.29, 0.717) is 12.2 Å². The maximum absolute atomic E-state index is 12.1. The molecule has 0 N–H and O–H groups in total. The van der Waals surface area contributed by atoms with Crippen LogP contribution in [0.15, 0.2) is 23.8 Å². The van der Waals surface area contributed by atoms with Gasteiger partial charge < -0.3 is 4.74 Å². The number of benzene rings is 1. The minimum absolute atomic E-state index is 0.0687. The molecule has 2 heteroatoms. The molecule has 0 heterocycles. The predicted molar refractivity (Wildman–Crippen MR) is 96.7 cm³/mol. The molecule has 0 atom stereocenters. The Morgan fingerprint density at radius 1 is 1.04 bits per heavy atom. The summed E-state index contributed by atoms with van der Waals surface area (Å²) in [6.45, 7) is 15.3. The zero-order valence-corrected chi connectivity index (χ0v) is 15.7. The SMILES string of the molecule is CC(=O)c1cc2c(cc1OCC=C(C)C)C(C)(C)CCC2(C)C. The van der Waals surface area contributed by atoms with Crippen molar-refractivity contribution >= 4 is 5.78 Å². The Morgan fingerprint density at radius 3 is 2.04 bits per heavy atom. The Labute approximate surface area is 140 Å². The summed E-state index contributed by atoms with van der Waals surface area (Å²) in [5.74, 6) is 0.790. The molecule has 1 aliphatic carbocycles. The van der Waals surface area contributed by atoms with E-state index in [0.717, 1.165) is 18.6 Å². The van der Waals surface area contributed by atoms with E-state index < -0.39 is 0 Å². The quantitative estimate of drug-likeness (QED) is 0.535. The highest BCUT2D eigenvalue weighted by Gasteiger charge is 2.38. The van der Waals surface area contributed by atoms with E-state index in [2.05, 4.69) is 39.8 Å². The van der Waals surface area contributed by atoms with Gasteiger partial charge in [0.05, 0.1) is 5.56 Å². The van der Waals surface area contributed by atoms with Gasteiger partial charge in [-0.3, -0.25) is 4.79 Å². The standard InChI is InChI=1S/C21H30O2/c1-14(2)8-11-23-19-13-18-17(12-16(19)15(3)22)20(4,5)9-10-21(18,6)7/h8,12-13H,9-11H2,1-7H3. The van der Waals surface area contributed by atoms with Crippen LogP contribution in [-0.2, 0) is 10.8 Å². The van der Waals surface area contributed by atoms with Crippen molar-refractivity contribution in [3.63, 3.8) is 0 Å². The van der Waals surface area contributed by atoms with Gasteiger partial charge in [0, 0.05) is 0 Å². The van der Waals surface area contributed by atoms with Crippen LogP contribution in [0.5, 0.6) is 5.75 Å². The van der Waals surface area contributed by atoms with Crippen LogP contribution in [-0.4, -0.2) is 12.4 Å². The Hall–Kier alpha value is -1.57. The summed E-state index contributed by atoms with van der Waals surface area (Å²) in [6, 6.07) is 4.20. The van der Waals surface area contributed by atoms with Gasteiger partial charge in [0.1, 0.15) is 12.4 Å². The third kappa shape index (κ3) is 3.68. The smallest absolute Gasteiger partial charge is 0.163 e. The number of allylic oxidation sites excluding steroid dienone is 1. The zero-order valence-electron chi connectivity index (χ0n) is 15.7. The van der Waals surface area contributed by atoms with Gasteiger partial charge >= 0.3 is 0 Å². The second kappa shape index (κ2) is 6.14. The number of ether oxygens (including phenoxy) is 1. The van der Waals surface area contributed by atoms with Crippen molar-refractivity contribution in [2.75, 3.05) is 6.61 Å². The molecule has 2 rings (SSSR count). The van der Waals surface area contributed by atoms with E-state index in [-0.39, 0.29) is 16.6 Å². The van der Waals surface area contributed by atoms with Crippen LogP contribution in [0, 0.1) is 0 Å². The Morgan fingerprint density at radius 2 is 1.57 bits per heavy atom. The lowest BCUT2D eigenvalue weighted by molar-refractivity contribution is 0.101. The van der Waals surface area contributed by atoms with Crippen LogP contribution in [0.1, 0.15) is 82.8 Å². The second-order valence-corrected chi connectivity index (χ2v) is 8.31. The third-order valence-corrected chi connectivity index (χ3v) is 5.06. The summed E-state index contributed by atoms with van der Waals surface area (Å²) in [6.07, 6.45) is 4.33. The molecule has 0 bridgehead atoms. The van der Waals surface area contributed by atoms with Crippen molar-refractivity contribution in [1.29, 1.82) is 0 Å². The van der Waals surface area contributed by atoms with Crippen LogP contribution in [0.25, 0.3) is 0 Å². The number of rotatable bonds is 4. The fraction of sp³-hybridized carbons (Fsp3) is 0.571. The van der Waals surface area contributed by atoms with Gasteiger partial charge in [-0.2, -0.15) is 0 Å². The highest BCUT2D eigenvalue weighted by atomic mass is 16.5. The molecule has 0 saturated heterocycles. The van der Waals surface area contributed by atoms with Gasteiger partial charge in [-0.1, -0.05) is 33.3 Å².